The van der Waals surface area contributed by atoms with E-state index in [1.54, 1.807) is 0 Å². The molecule has 0 amide bonds. The van der Waals surface area contributed by atoms with E-state index in [2.05, 4.69) is 16.8 Å². The van der Waals surface area contributed by atoms with Gasteiger partial charge in [-0.05, 0) is 26.2 Å². The van der Waals surface area contributed by atoms with Gasteiger partial charge in [0.15, 0.2) is 0 Å². The van der Waals surface area contributed by atoms with Crippen molar-refractivity contribution in [2.75, 3.05) is 14.1 Å². The molecule has 0 saturated carbocycles. The van der Waals surface area contributed by atoms with Crippen LogP contribution in [0.15, 0.2) is 16.5 Å². The Balaban J connectivity index is 0.000000671. The first-order chi connectivity index (χ1) is 6.22. The van der Waals surface area contributed by atoms with Crippen LogP contribution in [0.2, 0.25) is 0 Å². The number of hydrogen-bond acceptors (Lipinski definition) is 3. The molecule has 1 rings (SSSR count). The molecule has 13 heavy (non-hydrogen) atoms. The topological polar surface area (TPSA) is 36.6 Å². The highest BCUT2D eigenvalue weighted by molar-refractivity contribution is 6.16. The number of rotatable bonds is 3. The SMILES string of the molecule is CN(C)Cc1ccc(CCl)o1.OCl. The van der Waals surface area contributed by atoms with Gasteiger partial charge in [-0.15, -0.1) is 11.6 Å². The molecule has 0 aliphatic rings. The van der Waals surface area contributed by atoms with Crippen LogP contribution in [0.5, 0.6) is 0 Å². The Labute approximate surface area is 88.0 Å². The van der Waals surface area contributed by atoms with Crippen molar-refractivity contribution in [2.45, 2.75) is 12.4 Å². The van der Waals surface area contributed by atoms with Crippen LogP contribution in [0.1, 0.15) is 11.5 Å². The van der Waals surface area contributed by atoms with Crippen LogP contribution in [-0.2, 0) is 12.4 Å². The number of halogens is 2. The van der Waals surface area contributed by atoms with Gasteiger partial charge in [0.25, 0.3) is 0 Å². The fraction of sp³-hybridized carbons (Fsp3) is 0.500. The van der Waals surface area contributed by atoms with Crippen molar-refractivity contribution in [3.63, 3.8) is 0 Å². The van der Waals surface area contributed by atoms with Crippen molar-refractivity contribution in [1.29, 1.82) is 0 Å². The maximum Gasteiger partial charge on any atom is 0.119 e. The first-order valence-electron chi connectivity index (χ1n) is 3.67. The minimum Gasteiger partial charge on any atom is -0.463 e. The first kappa shape index (κ1) is 12.8. The van der Waals surface area contributed by atoms with E-state index in [1.165, 1.54) is 0 Å². The van der Waals surface area contributed by atoms with Gasteiger partial charge in [0.1, 0.15) is 11.5 Å². The monoisotopic (exact) mass is 225 g/mol. The molecule has 1 aromatic heterocycles. The van der Waals surface area contributed by atoms with Crippen molar-refractivity contribution in [2.24, 2.45) is 0 Å². The van der Waals surface area contributed by atoms with Crippen LogP contribution in [-0.4, -0.2) is 23.7 Å². The van der Waals surface area contributed by atoms with E-state index < -0.39 is 0 Å². The number of nitrogens with zero attached hydrogens (tertiary/aromatic N) is 1. The zero-order chi connectivity index (χ0) is 10.3. The molecule has 1 aromatic rings. The summed E-state index contributed by atoms with van der Waals surface area (Å²) in [6, 6.07) is 3.86. The van der Waals surface area contributed by atoms with Gasteiger partial charge in [0, 0.05) is 0 Å². The largest absolute Gasteiger partial charge is 0.463 e. The summed E-state index contributed by atoms with van der Waals surface area (Å²) in [4.78, 5) is 2.05. The van der Waals surface area contributed by atoms with E-state index in [4.69, 9.17) is 20.7 Å². The van der Waals surface area contributed by atoms with E-state index in [0.29, 0.717) is 5.88 Å². The average Bonchev–Trinajstić information content (AvgIpc) is 2.55. The Morgan fingerprint density at radius 1 is 1.31 bits per heavy atom. The predicted octanol–water partition coefficient (Wildman–Crippen LogP) is 2.21. The standard InChI is InChI=1S/C8H12ClNO.ClHO/c1-10(2)6-8-4-3-7(5-9)11-8;1-2/h3-4H,5-6H2,1-2H3;2H. The molecule has 0 radical (unpaired) electrons. The van der Waals surface area contributed by atoms with E-state index in [1.807, 2.05) is 26.2 Å². The summed E-state index contributed by atoms with van der Waals surface area (Å²) in [7, 11) is 4.01. The van der Waals surface area contributed by atoms with Crippen LogP contribution in [0, 0.1) is 0 Å². The van der Waals surface area contributed by atoms with Crippen molar-refractivity contribution in [1.82, 2.24) is 4.90 Å². The lowest BCUT2D eigenvalue weighted by molar-refractivity contribution is 0.344. The normalized spacial score (nSPS) is 9.69. The molecule has 0 fully saturated rings. The maximum atomic E-state index is 6.47. The Kier molecular flexibility index (Phi) is 7.09. The number of hydrogen-bond donors (Lipinski definition) is 1. The molecule has 0 spiro atoms. The van der Waals surface area contributed by atoms with Gasteiger partial charge in [0.2, 0.25) is 0 Å². The van der Waals surface area contributed by atoms with Crippen LogP contribution in [0.25, 0.3) is 0 Å². The van der Waals surface area contributed by atoms with Crippen LogP contribution < -0.4 is 0 Å². The maximum absolute atomic E-state index is 6.47. The molecule has 1 N–H and O–H groups in total. The van der Waals surface area contributed by atoms with Crippen molar-refractivity contribution < 1.29 is 9.08 Å². The molecule has 0 bridgehead atoms. The smallest absolute Gasteiger partial charge is 0.119 e. The second-order valence-electron chi connectivity index (χ2n) is 2.74. The summed E-state index contributed by atoms with van der Waals surface area (Å²) >= 11 is 9.21. The second-order valence-corrected chi connectivity index (χ2v) is 3.01. The average molecular weight is 226 g/mol. The lowest BCUT2D eigenvalue weighted by Gasteiger charge is -2.05. The van der Waals surface area contributed by atoms with Gasteiger partial charge < -0.3 is 9.32 Å². The molecule has 5 heteroatoms. The molecular formula is C8H13Cl2NO2. The summed E-state index contributed by atoms with van der Waals surface area (Å²) in [5, 5.41) is 0. The van der Waals surface area contributed by atoms with Gasteiger partial charge in [-0.2, -0.15) is 0 Å². The summed E-state index contributed by atoms with van der Waals surface area (Å²) in [5.41, 5.74) is 0. The Bertz CT molecular complexity index is 226. The molecule has 3 nitrogen and oxygen atoms in total. The quantitative estimate of drug-likeness (QED) is 0.802. The highest BCUT2D eigenvalue weighted by atomic mass is 35.5. The third-order valence-corrected chi connectivity index (χ3v) is 1.58. The van der Waals surface area contributed by atoms with Gasteiger partial charge in [-0.25, -0.2) is 0 Å². The van der Waals surface area contributed by atoms with Crippen LogP contribution in [0.3, 0.4) is 0 Å². The van der Waals surface area contributed by atoms with Gasteiger partial charge in [-0.3, -0.25) is 4.66 Å². The third kappa shape index (κ3) is 5.16. The Hall–Kier alpha value is -0.220. The highest BCUT2D eigenvalue weighted by Gasteiger charge is 2.00. The molecule has 1 heterocycles. The van der Waals surface area contributed by atoms with E-state index in [0.717, 1.165) is 18.1 Å². The molecule has 76 valence electrons. The second kappa shape index (κ2) is 7.21. The minimum absolute atomic E-state index is 0.452. The number of furan rings is 1. The fourth-order valence-corrected chi connectivity index (χ4v) is 1.03. The summed E-state index contributed by atoms with van der Waals surface area (Å²) in [6.07, 6.45) is 0. The lowest BCUT2D eigenvalue weighted by atomic mass is 10.4. The van der Waals surface area contributed by atoms with Gasteiger partial charge in [-0.1, -0.05) is 0 Å². The molecule has 0 saturated heterocycles. The van der Waals surface area contributed by atoms with E-state index >= 15 is 0 Å². The first-order valence-corrected chi connectivity index (χ1v) is 4.55. The van der Waals surface area contributed by atoms with Gasteiger partial charge >= 0.3 is 0 Å². The Morgan fingerprint density at radius 3 is 2.23 bits per heavy atom. The summed E-state index contributed by atoms with van der Waals surface area (Å²) in [6.45, 7) is 0.830. The van der Waals surface area contributed by atoms with Crippen molar-refractivity contribution >= 4 is 23.5 Å². The molecule has 0 atom stereocenters. The van der Waals surface area contributed by atoms with E-state index in [-0.39, 0.29) is 0 Å². The third-order valence-electron chi connectivity index (χ3n) is 1.32. The van der Waals surface area contributed by atoms with Crippen molar-refractivity contribution in [3.05, 3.63) is 23.7 Å². The van der Waals surface area contributed by atoms with Crippen molar-refractivity contribution in [3.8, 4) is 0 Å². The molecule has 0 aliphatic heterocycles. The molecule has 0 aliphatic carbocycles. The summed E-state index contributed by atoms with van der Waals surface area (Å²) < 4.78 is 11.8. The zero-order valence-corrected chi connectivity index (χ0v) is 9.14. The van der Waals surface area contributed by atoms with Crippen LogP contribution in [0.4, 0.5) is 0 Å². The molecule has 0 aromatic carbocycles. The molecular weight excluding hydrogens is 213 g/mol. The van der Waals surface area contributed by atoms with Crippen LogP contribution >= 0.6 is 23.5 Å². The highest BCUT2D eigenvalue weighted by Crippen LogP contribution is 2.10. The fourth-order valence-electron chi connectivity index (χ4n) is 0.891. The zero-order valence-electron chi connectivity index (χ0n) is 7.63. The minimum atomic E-state index is 0.452. The Morgan fingerprint density at radius 2 is 1.85 bits per heavy atom. The molecule has 0 unspecified atom stereocenters. The van der Waals surface area contributed by atoms with Gasteiger partial charge in [0.05, 0.1) is 24.3 Å². The predicted molar refractivity (Wildman–Crippen MR) is 53.7 cm³/mol. The van der Waals surface area contributed by atoms with E-state index in [9.17, 15) is 0 Å². The lowest BCUT2D eigenvalue weighted by Crippen LogP contribution is -2.09. The number of alkyl halides is 1. The summed E-state index contributed by atoms with van der Waals surface area (Å²) in [5.74, 6) is 2.25.